The van der Waals surface area contributed by atoms with Crippen LogP contribution < -0.4 is 10.1 Å². The van der Waals surface area contributed by atoms with Gasteiger partial charge in [-0.1, -0.05) is 43.2 Å². The van der Waals surface area contributed by atoms with Crippen LogP contribution in [0.25, 0.3) is 11.6 Å². The second kappa shape index (κ2) is 10.5. The molecular weight excluding hydrogens is 412 g/mol. The first-order valence-corrected chi connectivity index (χ1v) is 11.8. The van der Waals surface area contributed by atoms with E-state index in [1.54, 1.807) is 6.26 Å². The fourth-order valence-corrected chi connectivity index (χ4v) is 4.70. The third kappa shape index (κ3) is 5.70. The van der Waals surface area contributed by atoms with Crippen molar-refractivity contribution in [1.82, 2.24) is 20.1 Å². The van der Waals surface area contributed by atoms with Crippen LogP contribution in [0.1, 0.15) is 43.7 Å². The fraction of sp³-hybridized carbons (Fsp3) is 0.435. The topological polar surface area (TPSA) is 82.2 Å². The second-order valence-electron chi connectivity index (χ2n) is 7.75. The van der Waals surface area contributed by atoms with Gasteiger partial charge < -0.3 is 14.5 Å². The van der Waals surface area contributed by atoms with Crippen molar-refractivity contribution in [3.05, 3.63) is 48.2 Å². The van der Waals surface area contributed by atoms with Crippen molar-refractivity contribution < 1.29 is 13.9 Å². The summed E-state index contributed by atoms with van der Waals surface area (Å²) in [7, 11) is 0. The van der Waals surface area contributed by atoms with Gasteiger partial charge in [-0.15, -0.1) is 10.2 Å². The summed E-state index contributed by atoms with van der Waals surface area (Å²) in [6, 6.07) is 12.0. The van der Waals surface area contributed by atoms with Crippen molar-refractivity contribution in [2.45, 2.75) is 50.2 Å². The number of aromatic nitrogens is 3. The van der Waals surface area contributed by atoms with E-state index in [4.69, 9.17) is 9.15 Å². The van der Waals surface area contributed by atoms with Gasteiger partial charge in [0, 0.05) is 6.04 Å². The number of nitrogens with one attached hydrogen (secondary N) is 1. The van der Waals surface area contributed by atoms with E-state index in [-0.39, 0.29) is 11.7 Å². The zero-order valence-corrected chi connectivity index (χ0v) is 18.6. The van der Waals surface area contributed by atoms with Gasteiger partial charge in [0.2, 0.25) is 11.7 Å². The molecule has 0 saturated heterocycles. The summed E-state index contributed by atoms with van der Waals surface area (Å²) in [6.07, 6.45) is 7.51. The number of hydrogen-bond acceptors (Lipinski definition) is 6. The van der Waals surface area contributed by atoms with Crippen molar-refractivity contribution in [1.29, 1.82) is 0 Å². The number of hydrogen-bond donors (Lipinski definition) is 1. The third-order valence-electron chi connectivity index (χ3n) is 5.36. The number of aryl methyl sites for hydroxylation is 1. The van der Waals surface area contributed by atoms with E-state index in [1.165, 1.54) is 31.0 Å². The van der Waals surface area contributed by atoms with Crippen molar-refractivity contribution >= 4 is 17.7 Å². The van der Waals surface area contributed by atoms with Gasteiger partial charge in [-0.25, -0.2) is 0 Å². The number of furan rings is 1. The maximum atomic E-state index is 12.3. The molecule has 0 atom stereocenters. The lowest BCUT2D eigenvalue weighted by molar-refractivity contribution is -0.118. The number of ether oxygens (including phenoxy) is 1. The highest BCUT2D eigenvalue weighted by Gasteiger charge is 2.25. The van der Waals surface area contributed by atoms with Crippen molar-refractivity contribution in [2.75, 3.05) is 18.9 Å². The van der Waals surface area contributed by atoms with Gasteiger partial charge in [-0.3, -0.25) is 9.36 Å². The minimum atomic E-state index is -0.0458. The van der Waals surface area contributed by atoms with E-state index in [0.29, 0.717) is 25.0 Å². The van der Waals surface area contributed by atoms with Crippen LogP contribution >= 0.6 is 11.8 Å². The predicted octanol–water partition coefficient (Wildman–Crippen LogP) is 4.64. The van der Waals surface area contributed by atoms with Gasteiger partial charge in [-0.2, -0.15) is 0 Å². The summed E-state index contributed by atoms with van der Waals surface area (Å²) in [5.41, 5.74) is 1.15. The highest BCUT2D eigenvalue weighted by molar-refractivity contribution is 7.99. The van der Waals surface area contributed by atoms with E-state index in [0.717, 1.165) is 35.1 Å². The minimum absolute atomic E-state index is 0.0458. The molecule has 1 aromatic carbocycles. The summed E-state index contributed by atoms with van der Waals surface area (Å²) in [6.45, 7) is 2.91. The molecule has 0 spiro atoms. The van der Waals surface area contributed by atoms with Crippen LogP contribution in [0, 0.1) is 6.92 Å². The number of benzene rings is 1. The van der Waals surface area contributed by atoms with Gasteiger partial charge in [0.25, 0.3) is 0 Å². The van der Waals surface area contributed by atoms with E-state index in [1.807, 2.05) is 43.3 Å². The zero-order chi connectivity index (χ0) is 21.5. The second-order valence-corrected chi connectivity index (χ2v) is 8.69. The molecule has 1 amide bonds. The highest BCUT2D eigenvalue weighted by Crippen LogP contribution is 2.35. The van der Waals surface area contributed by atoms with E-state index in [9.17, 15) is 4.79 Å². The Kier molecular flexibility index (Phi) is 7.30. The van der Waals surface area contributed by atoms with Crippen molar-refractivity contribution in [3.8, 4) is 17.3 Å². The molecule has 3 aromatic rings. The molecule has 1 fully saturated rings. The minimum Gasteiger partial charge on any atom is -0.492 e. The largest absolute Gasteiger partial charge is 0.492 e. The van der Waals surface area contributed by atoms with Gasteiger partial charge in [0.1, 0.15) is 12.4 Å². The predicted molar refractivity (Wildman–Crippen MR) is 120 cm³/mol. The molecule has 7 nitrogen and oxygen atoms in total. The van der Waals surface area contributed by atoms with Crippen LogP contribution in [-0.4, -0.2) is 39.6 Å². The first-order valence-electron chi connectivity index (χ1n) is 10.8. The summed E-state index contributed by atoms with van der Waals surface area (Å²) in [5, 5.41) is 12.4. The summed E-state index contributed by atoms with van der Waals surface area (Å²) >= 11 is 1.42. The van der Waals surface area contributed by atoms with Crippen molar-refractivity contribution in [3.63, 3.8) is 0 Å². The summed E-state index contributed by atoms with van der Waals surface area (Å²) in [4.78, 5) is 12.3. The Morgan fingerprint density at radius 3 is 2.87 bits per heavy atom. The molecule has 0 radical (unpaired) electrons. The Hall–Kier alpha value is -2.74. The number of thioether (sulfide) groups is 1. The first-order chi connectivity index (χ1) is 15.2. The van der Waals surface area contributed by atoms with E-state index >= 15 is 0 Å². The Labute approximate surface area is 186 Å². The van der Waals surface area contributed by atoms with Gasteiger partial charge in [-0.05, 0) is 49.6 Å². The lowest BCUT2D eigenvalue weighted by Gasteiger charge is -2.25. The number of carbonyl (C=O) groups is 1. The monoisotopic (exact) mass is 440 g/mol. The molecule has 1 saturated carbocycles. The number of carbonyl (C=O) groups excluding carboxylic acids is 1. The van der Waals surface area contributed by atoms with Crippen LogP contribution in [0.4, 0.5) is 0 Å². The molecule has 1 aliphatic carbocycles. The van der Waals surface area contributed by atoms with Crippen LogP contribution in [0.2, 0.25) is 0 Å². The molecule has 4 rings (SSSR count). The molecule has 0 bridgehead atoms. The smallest absolute Gasteiger partial charge is 0.230 e. The van der Waals surface area contributed by atoms with E-state index < -0.39 is 0 Å². The van der Waals surface area contributed by atoms with Gasteiger partial charge in [0.05, 0.1) is 18.6 Å². The molecule has 0 unspecified atom stereocenters. The highest BCUT2D eigenvalue weighted by atomic mass is 32.2. The SMILES string of the molecule is Cc1cccc(OCCNC(=O)CSc2nnc(-c3ccco3)n2C2CCCCC2)c1. The van der Waals surface area contributed by atoms with Gasteiger partial charge >= 0.3 is 0 Å². The molecular formula is C23H28N4O3S. The first kappa shape index (κ1) is 21.5. The molecule has 8 heteroatoms. The van der Waals surface area contributed by atoms with Crippen LogP contribution in [0.3, 0.4) is 0 Å². The average molecular weight is 441 g/mol. The molecule has 31 heavy (non-hydrogen) atoms. The van der Waals surface area contributed by atoms with E-state index in [2.05, 4.69) is 20.1 Å². The molecule has 164 valence electrons. The summed E-state index contributed by atoms with van der Waals surface area (Å²) in [5.74, 6) is 2.51. The zero-order valence-electron chi connectivity index (χ0n) is 17.8. The lowest BCUT2D eigenvalue weighted by atomic mass is 9.95. The third-order valence-corrected chi connectivity index (χ3v) is 6.30. The van der Waals surface area contributed by atoms with Crippen LogP contribution in [0.15, 0.2) is 52.2 Å². The van der Waals surface area contributed by atoms with Crippen molar-refractivity contribution in [2.24, 2.45) is 0 Å². The number of nitrogens with zero attached hydrogens (tertiary/aromatic N) is 3. The molecule has 1 N–H and O–H groups in total. The Balaban J connectivity index is 1.32. The molecule has 2 aromatic heterocycles. The molecule has 1 aliphatic rings. The lowest BCUT2D eigenvalue weighted by Crippen LogP contribution is -2.29. The Morgan fingerprint density at radius 1 is 1.23 bits per heavy atom. The quantitative estimate of drug-likeness (QED) is 0.386. The molecule has 0 aliphatic heterocycles. The fourth-order valence-electron chi connectivity index (χ4n) is 3.86. The normalized spacial score (nSPS) is 14.5. The van der Waals surface area contributed by atoms with Gasteiger partial charge in [0.15, 0.2) is 10.9 Å². The standard InChI is InChI=1S/C23H28N4O3S/c1-17-7-5-10-19(15-17)29-14-12-24-21(28)16-31-23-26-25-22(20-11-6-13-30-20)27(23)18-8-3-2-4-9-18/h5-7,10-11,13,15,18H,2-4,8-9,12,14,16H2,1H3,(H,24,28). The maximum Gasteiger partial charge on any atom is 0.230 e. The number of rotatable bonds is 9. The van der Waals surface area contributed by atoms with Crippen LogP contribution in [0.5, 0.6) is 5.75 Å². The Morgan fingerprint density at radius 2 is 2.10 bits per heavy atom. The van der Waals surface area contributed by atoms with Crippen LogP contribution in [-0.2, 0) is 4.79 Å². The molecule has 2 heterocycles. The summed E-state index contributed by atoms with van der Waals surface area (Å²) < 4.78 is 13.4. The number of amides is 1. The average Bonchev–Trinajstić information content (AvgIpc) is 3.46. The Bertz CT molecular complexity index is 981. The maximum absolute atomic E-state index is 12.3.